The SMILES string of the molecule is Cc1ccc(N(C2=CCCC=C2)c2ccccc2)cc1. The summed E-state index contributed by atoms with van der Waals surface area (Å²) in [6, 6.07) is 19.2. The van der Waals surface area contributed by atoms with Gasteiger partial charge in [0.2, 0.25) is 0 Å². The van der Waals surface area contributed by atoms with Crippen molar-refractivity contribution in [1.29, 1.82) is 0 Å². The smallest absolute Gasteiger partial charge is 0.0461 e. The summed E-state index contributed by atoms with van der Waals surface area (Å²) >= 11 is 0. The van der Waals surface area contributed by atoms with Gasteiger partial charge in [-0.1, -0.05) is 48.0 Å². The van der Waals surface area contributed by atoms with Crippen LogP contribution in [-0.4, -0.2) is 0 Å². The molecule has 2 aromatic carbocycles. The van der Waals surface area contributed by atoms with Gasteiger partial charge in [0, 0.05) is 17.1 Å². The first-order valence-electron chi connectivity index (χ1n) is 7.13. The van der Waals surface area contributed by atoms with E-state index in [0.717, 1.165) is 12.8 Å². The number of hydrogen-bond acceptors (Lipinski definition) is 1. The van der Waals surface area contributed by atoms with Gasteiger partial charge in [-0.2, -0.15) is 0 Å². The van der Waals surface area contributed by atoms with Crippen molar-refractivity contribution in [3.8, 4) is 0 Å². The third-order valence-corrected chi connectivity index (χ3v) is 3.54. The van der Waals surface area contributed by atoms with Gasteiger partial charge in [-0.3, -0.25) is 0 Å². The first-order chi connectivity index (χ1) is 9.84. The molecule has 0 fully saturated rings. The molecule has 2 aromatic rings. The van der Waals surface area contributed by atoms with Gasteiger partial charge in [0.1, 0.15) is 0 Å². The fraction of sp³-hybridized carbons (Fsp3) is 0.158. The first kappa shape index (κ1) is 12.7. The van der Waals surface area contributed by atoms with Crippen LogP contribution in [0.15, 0.2) is 78.5 Å². The molecular weight excluding hydrogens is 242 g/mol. The molecule has 1 aliphatic carbocycles. The van der Waals surface area contributed by atoms with Gasteiger partial charge in [-0.25, -0.2) is 0 Å². The predicted molar refractivity (Wildman–Crippen MR) is 86.2 cm³/mol. The molecule has 0 unspecified atom stereocenters. The molecule has 0 atom stereocenters. The number of anilines is 2. The number of para-hydroxylation sites is 1. The van der Waals surface area contributed by atoms with E-state index in [-0.39, 0.29) is 0 Å². The molecule has 20 heavy (non-hydrogen) atoms. The number of benzene rings is 2. The van der Waals surface area contributed by atoms with Gasteiger partial charge in [0.15, 0.2) is 0 Å². The van der Waals surface area contributed by atoms with Crippen LogP contribution in [0.2, 0.25) is 0 Å². The van der Waals surface area contributed by atoms with Gasteiger partial charge < -0.3 is 4.90 Å². The van der Waals surface area contributed by atoms with Crippen molar-refractivity contribution >= 4 is 11.4 Å². The lowest BCUT2D eigenvalue weighted by molar-refractivity contribution is 0.997. The zero-order valence-electron chi connectivity index (χ0n) is 11.8. The van der Waals surface area contributed by atoms with Crippen LogP contribution in [0, 0.1) is 6.92 Å². The van der Waals surface area contributed by atoms with Gasteiger partial charge in [0.25, 0.3) is 0 Å². The van der Waals surface area contributed by atoms with Gasteiger partial charge >= 0.3 is 0 Å². The summed E-state index contributed by atoms with van der Waals surface area (Å²) < 4.78 is 0. The molecule has 0 saturated carbocycles. The van der Waals surface area contributed by atoms with Crippen molar-refractivity contribution in [3.63, 3.8) is 0 Å². The minimum atomic E-state index is 1.11. The highest BCUT2D eigenvalue weighted by Crippen LogP contribution is 2.31. The number of allylic oxidation sites excluding steroid dienone is 3. The highest BCUT2D eigenvalue weighted by atomic mass is 15.1. The maximum atomic E-state index is 2.31. The minimum absolute atomic E-state index is 1.11. The minimum Gasteiger partial charge on any atom is -0.311 e. The zero-order chi connectivity index (χ0) is 13.8. The molecule has 0 radical (unpaired) electrons. The van der Waals surface area contributed by atoms with Crippen molar-refractivity contribution in [1.82, 2.24) is 0 Å². The van der Waals surface area contributed by atoms with Crippen LogP contribution >= 0.6 is 0 Å². The molecule has 100 valence electrons. The number of aryl methyl sites for hydroxylation is 1. The number of hydrogen-bond donors (Lipinski definition) is 0. The lowest BCUT2D eigenvalue weighted by Gasteiger charge is -2.27. The molecule has 0 amide bonds. The molecule has 3 rings (SSSR count). The largest absolute Gasteiger partial charge is 0.311 e. The zero-order valence-corrected chi connectivity index (χ0v) is 11.8. The van der Waals surface area contributed by atoms with E-state index in [9.17, 15) is 0 Å². The van der Waals surface area contributed by atoms with E-state index >= 15 is 0 Å². The summed E-state index contributed by atoms with van der Waals surface area (Å²) in [5.74, 6) is 0. The number of nitrogens with zero attached hydrogens (tertiary/aromatic N) is 1. The molecule has 0 N–H and O–H groups in total. The Morgan fingerprint density at radius 1 is 0.800 bits per heavy atom. The molecule has 0 aliphatic heterocycles. The first-order valence-corrected chi connectivity index (χ1v) is 7.13. The maximum Gasteiger partial charge on any atom is 0.0461 e. The van der Waals surface area contributed by atoms with Gasteiger partial charge in [0.05, 0.1) is 0 Å². The van der Waals surface area contributed by atoms with E-state index in [4.69, 9.17) is 0 Å². The summed E-state index contributed by atoms with van der Waals surface area (Å²) in [6.45, 7) is 2.12. The van der Waals surface area contributed by atoms with E-state index in [1.807, 2.05) is 0 Å². The Morgan fingerprint density at radius 3 is 2.15 bits per heavy atom. The fourth-order valence-corrected chi connectivity index (χ4v) is 2.48. The van der Waals surface area contributed by atoms with Crippen molar-refractivity contribution in [2.75, 3.05) is 4.90 Å². The predicted octanol–water partition coefficient (Wildman–Crippen LogP) is 5.37. The lowest BCUT2D eigenvalue weighted by Crippen LogP contribution is -2.16. The molecule has 0 saturated heterocycles. The Labute approximate surface area is 120 Å². The second-order valence-corrected chi connectivity index (χ2v) is 5.12. The Bertz CT molecular complexity index is 621. The van der Waals surface area contributed by atoms with Crippen molar-refractivity contribution in [2.45, 2.75) is 19.8 Å². The van der Waals surface area contributed by atoms with E-state index in [1.54, 1.807) is 0 Å². The quantitative estimate of drug-likeness (QED) is 0.718. The van der Waals surface area contributed by atoms with Crippen LogP contribution in [-0.2, 0) is 0 Å². The van der Waals surface area contributed by atoms with Crippen molar-refractivity contribution in [2.24, 2.45) is 0 Å². The molecule has 0 aromatic heterocycles. The standard InChI is InChI=1S/C19H19N/c1-16-12-14-19(15-13-16)20(17-8-4-2-5-9-17)18-10-6-3-7-11-18/h2,4-6,8-15H,3,7H2,1H3. The monoisotopic (exact) mass is 261 g/mol. The Balaban J connectivity index is 2.06. The fourth-order valence-electron chi connectivity index (χ4n) is 2.48. The summed E-state index contributed by atoms with van der Waals surface area (Å²) in [5, 5.41) is 0. The van der Waals surface area contributed by atoms with Crippen molar-refractivity contribution in [3.05, 3.63) is 84.1 Å². The highest BCUT2D eigenvalue weighted by Gasteiger charge is 2.13. The van der Waals surface area contributed by atoms with E-state index in [2.05, 4.69) is 84.6 Å². The average Bonchev–Trinajstić information content (AvgIpc) is 2.52. The van der Waals surface area contributed by atoms with E-state index < -0.39 is 0 Å². The summed E-state index contributed by atoms with van der Waals surface area (Å²) in [7, 11) is 0. The normalized spacial score (nSPS) is 13.9. The third-order valence-electron chi connectivity index (χ3n) is 3.54. The van der Waals surface area contributed by atoms with E-state index in [0.29, 0.717) is 0 Å². The topological polar surface area (TPSA) is 3.24 Å². The summed E-state index contributed by atoms with van der Waals surface area (Å²) in [5.41, 5.74) is 4.95. The highest BCUT2D eigenvalue weighted by molar-refractivity contribution is 5.70. The maximum absolute atomic E-state index is 2.31. The van der Waals surface area contributed by atoms with Crippen LogP contribution in [0.1, 0.15) is 18.4 Å². The molecule has 1 nitrogen and oxygen atoms in total. The molecular formula is C19H19N. The molecule has 1 heteroatoms. The Morgan fingerprint density at radius 2 is 1.50 bits per heavy atom. The van der Waals surface area contributed by atoms with E-state index in [1.165, 1.54) is 22.6 Å². The lowest BCUT2D eigenvalue weighted by atomic mass is 10.1. The van der Waals surface area contributed by atoms with Crippen LogP contribution in [0.25, 0.3) is 0 Å². The molecule has 0 spiro atoms. The molecule has 1 aliphatic rings. The third kappa shape index (κ3) is 2.67. The van der Waals surface area contributed by atoms with Gasteiger partial charge in [-0.15, -0.1) is 0 Å². The van der Waals surface area contributed by atoms with Crippen LogP contribution in [0.5, 0.6) is 0 Å². The average molecular weight is 261 g/mol. The summed E-state index contributed by atoms with van der Waals surface area (Å²) in [4.78, 5) is 2.31. The Hall–Kier alpha value is -2.28. The summed E-state index contributed by atoms with van der Waals surface area (Å²) in [6.07, 6.45) is 9.03. The Kier molecular flexibility index (Phi) is 3.69. The van der Waals surface area contributed by atoms with Crippen molar-refractivity contribution < 1.29 is 0 Å². The second-order valence-electron chi connectivity index (χ2n) is 5.12. The van der Waals surface area contributed by atoms with Gasteiger partial charge in [-0.05, 0) is 50.1 Å². The number of rotatable bonds is 3. The molecule has 0 heterocycles. The van der Waals surface area contributed by atoms with Crippen LogP contribution < -0.4 is 4.90 Å². The second kappa shape index (κ2) is 5.79. The van der Waals surface area contributed by atoms with Crippen LogP contribution in [0.3, 0.4) is 0 Å². The molecule has 0 bridgehead atoms. The van der Waals surface area contributed by atoms with Crippen LogP contribution in [0.4, 0.5) is 11.4 Å².